The van der Waals surface area contributed by atoms with Crippen LogP contribution in [0.25, 0.3) is 0 Å². The third kappa shape index (κ3) is 2.48. The molecule has 20 heavy (non-hydrogen) atoms. The lowest BCUT2D eigenvalue weighted by atomic mass is 10.1. The van der Waals surface area contributed by atoms with Crippen molar-refractivity contribution in [1.82, 2.24) is 0 Å². The van der Waals surface area contributed by atoms with Gasteiger partial charge in [0, 0.05) is 17.6 Å². The van der Waals surface area contributed by atoms with Crippen LogP contribution in [0.1, 0.15) is 5.56 Å². The quantitative estimate of drug-likeness (QED) is 0.886. The summed E-state index contributed by atoms with van der Waals surface area (Å²) in [5, 5.41) is 5.01. The lowest BCUT2D eigenvalue weighted by molar-refractivity contribution is 0.603. The predicted molar refractivity (Wildman–Crippen MR) is 83.8 cm³/mol. The van der Waals surface area contributed by atoms with Crippen LogP contribution in [0.4, 0.5) is 11.4 Å². The standard InChI is InChI=1S/C12H10Cl2N2O2S2/c13-9-6-19-12(11(9)14)20(17,18)16-8-2-1-7-3-4-15-10(7)5-8/h1-2,5-6,15-16H,3-4H2. The number of halogens is 2. The Morgan fingerprint density at radius 2 is 2.10 bits per heavy atom. The molecule has 1 aromatic carbocycles. The number of benzene rings is 1. The normalized spacial score (nSPS) is 13.9. The monoisotopic (exact) mass is 348 g/mol. The lowest BCUT2D eigenvalue weighted by Crippen LogP contribution is -2.12. The van der Waals surface area contributed by atoms with Gasteiger partial charge in [0.25, 0.3) is 10.0 Å². The minimum atomic E-state index is -3.72. The highest BCUT2D eigenvalue weighted by Gasteiger charge is 2.23. The van der Waals surface area contributed by atoms with Gasteiger partial charge in [-0.2, -0.15) is 0 Å². The van der Waals surface area contributed by atoms with E-state index >= 15 is 0 Å². The molecule has 0 aliphatic carbocycles. The van der Waals surface area contributed by atoms with Gasteiger partial charge in [-0.25, -0.2) is 8.42 Å². The molecule has 2 N–H and O–H groups in total. The molecule has 0 saturated carbocycles. The van der Waals surface area contributed by atoms with E-state index in [0.717, 1.165) is 30.0 Å². The van der Waals surface area contributed by atoms with Crippen LogP contribution in [0.5, 0.6) is 0 Å². The van der Waals surface area contributed by atoms with E-state index < -0.39 is 10.0 Å². The van der Waals surface area contributed by atoms with Crippen molar-refractivity contribution >= 4 is 55.9 Å². The Morgan fingerprint density at radius 1 is 1.30 bits per heavy atom. The van der Waals surface area contributed by atoms with Crippen molar-refractivity contribution < 1.29 is 8.42 Å². The van der Waals surface area contributed by atoms with Crippen LogP contribution in [-0.2, 0) is 16.4 Å². The van der Waals surface area contributed by atoms with Gasteiger partial charge >= 0.3 is 0 Å². The maximum Gasteiger partial charge on any atom is 0.272 e. The number of hydrogen-bond acceptors (Lipinski definition) is 4. The van der Waals surface area contributed by atoms with Crippen molar-refractivity contribution in [3.05, 3.63) is 39.2 Å². The average Bonchev–Trinajstić information content (AvgIpc) is 2.97. The largest absolute Gasteiger partial charge is 0.384 e. The molecule has 1 aliphatic rings. The van der Waals surface area contributed by atoms with E-state index in [2.05, 4.69) is 10.0 Å². The fraction of sp³-hybridized carbons (Fsp3) is 0.167. The van der Waals surface area contributed by atoms with Crippen LogP contribution in [0.15, 0.2) is 27.8 Å². The van der Waals surface area contributed by atoms with Crippen molar-refractivity contribution in [1.29, 1.82) is 0 Å². The molecule has 1 aromatic heterocycles. The molecule has 0 radical (unpaired) electrons. The summed E-state index contributed by atoms with van der Waals surface area (Å²) in [7, 11) is -3.72. The maximum atomic E-state index is 12.3. The highest BCUT2D eigenvalue weighted by atomic mass is 35.5. The molecule has 0 spiro atoms. The molecule has 0 bridgehead atoms. The Kier molecular flexibility index (Phi) is 3.58. The fourth-order valence-electron chi connectivity index (χ4n) is 2.04. The number of thiophene rings is 1. The van der Waals surface area contributed by atoms with E-state index in [1.165, 1.54) is 10.9 Å². The SMILES string of the molecule is O=S(=O)(Nc1ccc2c(c1)NCC2)c1scc(Cl)c1Cl. The van der Waals surface area contributed by atoms with Crippen LogP contribution in [0, 0.1) is 0 Å². The third-order valence-electron chi connectivity index (χ3n) is 2.97. The Balaban J connectivity index is 1.92. The van der Waals surface area contributed by atoms with Gasteiger partial charge in [-0.05, 0) is 24.1 Å². The van der Waals surface area contributed by atoms with E-state index in [1.54, 1.807) is 12.1 Å². The molecule has 8 heteroatoms. The van der Waals surface area contributed by atoms with E-state index in [9.17, 15) is 8.42 Å². The molecule has 106 valence electrons. The second-order valence-electron chi connectivity index (χ2n) is 4.34. The number of anilines is 2. The van der Waals surface area contributed by atoms with Gasteiger partial charge in [0.15, 0.2) is 4.21 Å². The Hall–Kier alpha value is -0.950. The second kappa shape index (κ2) is 5.11. The molecule has 1 aliphatic heterocycles. The molecule has 0 amide bonds. The number of hydrogen-bond donors (Lipinski definition) is 2. The topological polar surface area (TPSA) is 58.2 Å². The molecule has 3 rings (SSSR count). The van der Waals surface area contributed by atoms with Crippen molar-refractivity contribution in [2.45, 2.75) is 10.6 Å². The van der Waals surface area contributed by atoms with E-state index in [-0.39, 0.29) is 14.3 Å². The molecule has 0 atom stereocenters. The number of nitrogens with one attached hydrogen (secondary N) is 2. The molecule has 4 nitrogen and oxygen atoms in total. The fourth-order valence-corrected chi connectivity index (χ4v) is 5.13. The van der Waals surface area contributed by atoms with Crippen LogP contribution < -0.4 is 10.0 Å². The first kappa shape index (κ1) is 14.0. The van der Waals surface area contributed by atoms with Crippen LogP contribution >= 0.6 is 34.5 Å². The molecule has 2 aromatic rings. The van der Waals surface area contributed by atoms with Crippen molar-refractivity contribution in [3.8, 4) is 0 Å². The maximum absolute atomic E-state index is 12.3. The van der Waals surface area contributed by atoms with E-state index in [1.807, 2.05) is 6.07 Å². The van der Waals surface area contributed by atoms with Crippen molar-refractivity contribution in [3.63, 3.8) is 0 Å². The van der Waals surface area contributed by atoms with Gasteiger partial charge in [-0.3, -0.25) is 4.72 Å². The molecule has 2 heterocycles. The molecule has 0 fully saturated rings. The second-order valence-corrected chi connectivity index (χ2v) is 7.88. The average molecular weight is 349 g/mol. The summed E-state index contributed by atoms with van der Waals surface area (Å²) in [4.78, 5) is 0. The Labute approximate surface area is 130 Å². The minimum absolute atomic E-state index is 0.0256. The van der Waals surface area contributed by atoms with Crippen molar-refractivity contribution in [2.24, 2.45) is 0 Å². The van der Waals surface area contributed by atoms with Crippen LogP contribution in [0.3, 0.4) is 0 Å². The molecular formula is C12H10Cl2N2O2S2. The van der Waals surface area contributed by atoms with Crippen molar-refractivity contribution in [2.75, 3.05) is 16.6 Å². The van der Waals surface area contributed by atoms with E-state index in [4.69, 9.17) is 23.2 Å². The first-order valence-corrected chi connectivity index (χ1v) is 8.91. The Morgan fingerprint density at radius 3 is 2.80 bits per heavy atom. The van der Waals surface area contributed by atoms with Gasteiger partial charge in [-0.15, -0.1) is 11.3 Å². The molecule has 0 saturated heterocycles. The molecular weight excluding hydrogens is 339 g/mol. The molecule has 0 unspecified atom stereocenters. The highest BCUT2D eigenvalue weighted by Crippen LogP contribution is 2.36. The highest BCUT2D eigenvalue weighted by molar-refractivity contribution is 7.94. The zero-order valence-electron chi connectivity index (χ0n) is 10.1. The number of sulfonamides is 1. The number of rotatable bonds is 3. The Bertz CT molecular complexity index is 772. The summed E-state index contributed by atoms with van der Waals surface area (Å²) in [6.45, 7) is 0.873. The minimum Gasteiger partial charge on any atom is -0.384 e. The summed E-state index contributed by atoms with van der Waals surface area (Å²) >= 11 is 12.7. The first-order chi connectivity index (χ1) is 9.47. The zero-order valence-corrected chi connectivity index (χ0v) is 13.3. The summed E-state index contributed by atoms with van der Waals surface area (Å²) in [5.41, 5.74) is 2.64. The smallest absolute Gasteiger partial charge is 0.272 e. The lowest BCUT2D eigenvalue weighted by Gasteiger charge is -2.08. The van der Waals surface area contributed by atoms with Gasteiger partial charge in [0.05, 0.1) is 15.7 Å². The summed E-state index contributed by atoms with van der Waals surface area (Å²) in [6, 6.07) is 5.44. The van der Waals surface area contributed by atoms with E-state index in [0.29, 0.717) is 5.69 Å². The summed E-state index contributed by atoms with van der Waals surface area (Å²) < 4.78 is 27.1. The third-order valence-corrected chi connectivity index (χ3v) is 7.03. The van der Waals surface area contributed by atoms with Crippen LogP contribution in [0.2, 0.25) is 10.0 Å². The summed E-state index contributed by atoms with van der Waals surface area (Å²) in [5.74, 6) is 0. The zero-order chi connectivity index (χ0) is 14.3. The van der Waals surface area contributed by atoms with Gasteiger partial charge in [0.1, 0.15) is 0 Å². The summed E-state index contributed by atoms with van der Waals surface area (Å²) in [6.07, 6.45) is 0.953. The predicted octanol–water partition coefficient (Wildman–Crippen LogP) is 3.82. The van der Waals surface area contributed by atoms with Gasteiger partial charge in [0.2, 0.25) is 0 Å². The van der Waals surface area contributed by atoms with Gasteiger partial charge in [-0.1, -0.05) is 29.3 Å². The first-order valence-electron chi connectivity index (χ1n) is 5.79. The number of fused-ring (bicyclic) bond motifs is 1. The van der Waals surface area contributed by atoms with Crippen LogP contribution in [-0.4, -0.2) is 15.0 Å². The van der Waals surface area contributed by atoms with Gasteiger partial charge < -0.3 is 5.32 Å².